The predicted molar refractivity (Wildman–Crippen MR) is 213 cm³/mol. The minimum atomic E-state index is -3.70. The molecule has 0 radical (unpaired) electrons. The first-order chi connectivity index (χ1) is 27.3. The van der Waals surface area contributed by atoms with Gasteiger partial charge < -0.3 is 24.8 Å². The number of ether oxygens (including phenoxy) is 1. The van der Waals surface area contributed by atoms with Crippen LogP contribution in [0.1, 0.15) is 56.6 Å². The highest BCUT2D eigenvalue weighted by molar-refractivity contribution is 7.92. The maximum atomic E-state index is 15.0. The average Bonchev–Trinajstić information content (AvgIpc) is 3.60. The molecule has 0 unspecified atom stereocenters. The monoisotopic (exact) mass is 809 g/mol. The van der Waals surface area contributed by atoms with Crippen LogP contribution in [-0.4, -0.2) is 125 Å². The molecule has 7 rings (SSSR count). The van der Waals surface area contributed by atoms with E-state index in [2.05, 4.69) is 21.7 Å². The maximum absolute atomic E-state index is 15.0. The third-order valence-corrected chi connectivity index (χ3v) is 15.7. The largest absolute Gasteiger partial charge is 0.469 e. The Morgan fingerprint density at radius 1 is 0.982 bits per heavy atom. The molecule has 2 amide bonds. The molecule has 1 aliphatic carbocycles. The lowest BCUT2D eigenvalue weighted by Gasteiger charge is -2.51. The summed E-state index contributed by atoms with van der Waals surface area (Å²) in [5.74, 6) is -0.212. The van der Waals surface area contributed by atoms with Gasteiger partial charge in [0.2, 0.25) is 11.8 Å². The van der Waals surface area contributed by atoms with Crippen molar-refractivity contribution in [2.75, 3.05) is 77.5 Å². The number of benzene rings is 2. The van der Waals surface area contributed by atoms with Crippen molar-refractivity contribution in [2.45, 2.75) is 73.7 Å². The van der Waals surface area contributed by atoms with E-state index in [-0.39, 0.29) is 72.4 Å². The molecule has 3 atom stereocenters. The summed E-state index contributed by atoms with van der Waals surface area (Å²) in [6, 6.07) is 12.3. The van der Waals surface area contributed by atoms with Gasteiger partial charge in [-0.2, -0.15) is 0 Å². The van der Waals surface area contributed by atoms with Crippen LogP contribution in [0.5, 0.6) is 0 Å². The summed E-state index contributed by atoms with van der Waals surface area (Å²) in [5, 5.41) is 2.45. The van der Waals surface area contributed by atoms with E-state index in [4.69, 9.17) is 4.74 Å². The number of nitrogens with zero attached hydrogens (tertiary/aromatic N) is 4. The number of methoxy groups -OCH3 is 1. The van der Waals surface area contributed by atoms with Crippen LogP contribution in [0, 0.1) is 29.5 Å². The third-order valence-electron chi connectivity index (χ3n) is 13.6. The van der Waals surface area contributed by atoms with E-state index in [0.717, 1.165) is 76.1 Å². The van der Waals surface area contributed by atoms with Gasteiger partial charge in [-0.05, 0) is 104 Å². The molecule has 310 valence electrons. The lowest BCUT2D eigenvalue weighted by Crippen LogP contribution is -2.56. The van der Waals surface area contributed by atoms with Crippen molar-refractivity contribution in [3.8, 4) is 0 Å². The predicted octanol–water partition coefficient (Wildman–Crippen LogP) is 4.35. The van der Waals surface area contributed by atoms with Crippen molar-refractivity contribution < 1.29 is 36.3 Å². The normalized spacial score (nSPS) is 23.9. The van der Waals surface area contributed by atoms with Crippen LogP contribution in [0.15, 0.2) is 60.0 Å². The van der Waals surface area contributed by atoms with E-state index in [9.17, 15) is 31.6 Å². The summed E-state index contributed by atoms with van der Waals surface area (Å²) in [5.41, 5.74) is 1.96. The Labute approximate surface area is 335 Å². The van der Waals surface area contributed by atoms with Gasteiger partial charge in [-0.15, -0.1) is 0 Å². The summed E-state index contributed by atoms with van der Waals surface area (Å²) in [7, 11) is -2.29. The number of carbonyl (C=O) groups excluding carboxylic acids is 3. The van der Waals surface area contributed by atoms with Crippen LogP contribution < -0.4 is 10.2 Å². The van der Waals surface area contributed by atoms with Gasteiger partial charge in [-0.25, -0.2) is 17.2 Å². The second kappa shape index (κ2) is 17.1. The molecular formula is C43H57F2N5O6S. The molecule has 4 saturated heterocycles. The number of halogens is 2. The summed E-state index contributed by atoms with van der Waals surface area (Å²) in [6.07, 6.45) is 5.11. The molecule has 5 fully saturated rings. The minimum Gasteiger partial charge on any atom is -0.469 e. The summed E-state index contributed by atoms with van der Waals surface area (Å²) < 4.78 is 61.3. The molecule has 0 aromatic heterocycles. The smallest absolute Gasteiger partial charge is 0.305 e. The van der Waals surface area contributed by atoms with Crippen molar-refractivity contribution in [3.05, 3.63) is 72.1 Å². The number of esters is 1. The fraction of sp³-hybridized carbons (Fsp3) is 0.605. The highest BCUT2D eigenvalue weighted by Gasteiger charge is 2.52. The van der Waals surface area contributed by atoms with E-state index in [1.54, 1.807) is 18.2 Å². The number of hydrogen-bond donors (Lipinski definition) is 1. The number of hydrogen-bond acceptors (Lipinski definition) is 9. The number of sulfone groups is 1. The lowest BCUT2D eigenvalue weighted by atomic mass is 9.57. The van der Waals surface area contributed by atoms with Crippen LogP contribution in [-0.2, 0) is 40.9 Å². The Morgan fingerprint density at radius 2 is 1.72 bits per heavy atom. The molecule has 4 heterocycles. The highest BCUT2D eigenvalue weighted by Crippen LogP contribution is 2.53. The molecule has 14 heteroatoms. The Morgan fingerprint density at radius 3 is 2.37 bits per heavy atom. The Balaban J connectivity index is 1.02. The number of likely N-dealkylation sites (tertiary alicyclic amines) is 3. The molecule has 4 aliphatic heterocycles. The molecule has 2 aromatic rings. The summed E-state index contributed by atoms with van der Waals surface area (Å²) in [6.45, 7) is 10.9. The van der Waals surface area contributed by atoms with Gasteiger partial charge in [-0.1, -0.05) is 25.1 Å². The standard InChI is InChI=1S/C43H57F2N5O6S/c1-4-41(52)50-26-38(27-50)57(54,55)40-12-11-37(17-32(40)23-48-24-36(45)25-48)49-21-30(22-49)20-47-15-13-33(14-16-47)43(28-46-29(2)51,34-8-6-9-35(44)19-34)39-10-5-7-31(39)18-42(53)56-3/h4,6,8-9,11-12,17,19,30-31,33,36,38-39H,1,5,7,10,13-16,18,20-28H2,2-3H3,(H,46,51)/t31-,39+,43+/m1/s1. The zero-order chi connectivity index (χ0) is 40.5. The second-order valence-corrected chi connectivity index (χ2v) is 19.3. The number of amides is 2. The van der Waals surface area contributed by atoms with Crippen LogP contribution >= 0.6 is 0 Å². The minimum absolute atomic E-state index is 0.0752. The van der Waals surface area contributed by atoms with Gasteiger partial charge in [0.1, 0.15) is 17.2 Å². The van der Waals surface area contributed by atoms with Gasteiger partial charge in [0.05, 0.1) is 12.0 Å². The highest BCUT2D eigenvalue weighted by atomic mass is 32.2. The molecule has 11 nitrogen and oxygen atoms in total. The molecule has 0 bridgehead atoms. The van der Waals surface area contributed by atoms with Crippen molar-refractivity contribution in [2.24, 2.45) is 23.7 Å². The molecule has 2 aromatic carbocycles. The number of rotatable bonds is 15. The first-order valence-electron chi connectivity index (χ1n) is 20.5. The summed E-state index contributed by atoms with van der Waals surface area (Å²) in [4.78, 5) is 45.4. The van der Waals surface area contributed by atoms with E-state index in [0.29, 0.717) is 31.0 Å². The molecule has 1 N–H and O–H groups in total. The van der Waals surface area contributed by atoms with Crippen LogP contribution in [0.2, 0.25) is 0 Å². The van der Waals surface area contributed by atoms with E-state index in [1.165, 1.54) is 31.1 Å². The second-order valence-electron chi connectivity index (χ2n) is 17.1. The molecule has 5 aliphatic rings. The van der Waals surface area contributed by atoms with E-state index in [1.807, 2.05) is 23.1 Å². The first-order valence-corrected chi connectivity index (χ1v) is 22.0. The van der Waals surface area contributed by atoms with Crippen molar-refractivity contribution in [1.29, 1.82) is 0 Å². The van der Waals surface area contributed by atoms with Crippen LogP contribution in [0.4, 0.5) is 14.5 Å². The van der Waals surface area contributed by atoms with Crippen LogP contribution in [0.3, 0.4) is 0 Å². The molecule has 1 saturated carbocycles. The zero-order valence-electron chi connectivity index (χ0n) is 33.2. The summed E-state index contributed by atoms with van der Waals surface area (Å²) >= 11 is 0. The third kappa shape index (κ3) is 8.64. The molecule has 0 spiro atoms. The Kier molecular flexibility index (Phi) is 12.4. The quantitative estimate of drug-likeness (QED) is 0.207. The van der Waals surface area contributed by atoms with E-state index < -0.39 is 26.7 Å². The number of anilines is 1. The average molecular weight is 810 g/mol. The zero-order valence-corrected chi connectivity index (χ0v) is 34.0. The van der Waals surface area contributed by atoms with Crippen LogP contribution in [0.25, 0.3) is 0 Å². The lowest BCUT2D eigenvalue weighted by molar-refractivity contribution is -0.142. The fourth-order valence-electron chi connectivity index (χ4n) is 10.5. The van der Waals surface area contributed by atoms with Gasteiger partial charge in [-0.3, -0.25) is 19.3 Å². The maximum Gasteiger partial charge on any atom is 0.305 e. The Hall–Kier alpha value is -3.88. The first kappa shape index (κ1) is 41.3. The van der Waals surface area contributed by atoms with Gasteiger partial charge in [0.15, 0.2) is 9.84 Å². The van der Waals surface area contributed by atoms with Crippen molar-refractivity contribution in [3.63, 3.8) is 0 Å². The van der Waals surface area contributed by atoms with Crippen molar-refractivity contribution >= 4 is 33.3 Å². The molecule has 57 heavy (non-hydrogen) atoms. The van der Waals surface area contributed by atoms with Gasteiger partial charge in [0, 0.05) is 89.3 Å². The number of piperidine rings is 1. The molecular weight excluding hydrogens is 753 g/mol. The Bertz CT molecular complexity index is 1920. The topological polar surface area (TPSA) is 120 Å². The van der Waals surface area contributed by atoms with Crippen molar-refractivity contribution in [1.82, 2.24) is 20.0 Å². The fourth-order valence-corrected chi connectivity index (χ4v) is 12.3. The number of carbonyl (C=O) groups is 3. The number of alkyl halides is 1. The van der Waals surface area contributed by atoms with E-state index >= 15 is 0 Å². The number of nitrogens with one attached hydrogen (secondary N) is 1. The van der Waals surface area contributed by atoms with Gasteiger partial charge in [0.25, 0.3) is 0 Å². The van der Waals surface area contributed by atoms with Gasteiger partial charge >= 0.3 is 5.97 Å². The SMILES string of the molecule is C=CC(=O)N1CC(S(=O)(=O)c2ccc(N3CC(CN4CCC([C@@](CNC(C)=O)(c5cccc(F)c5)[C@H]5CCC[C@@H]5CC(=O)OC)CC4)C3)cc2CN2CC(F)C2)C1.